The van der Waals surface area contributed by atoms with Crippen molar-refractivity contribution in [3.05, 3.63) is 85.4 Å². The molecule has 30 heavy (non-hydrogen) atoms. The molecule has 152 valence electrons. The first-order valence-corrected chi connectivity index (χ1v) is 9.87. The van der Waals surface area contributed by atoms with Crippen LogP contribution >= 0.6 is 0 Å². The first kappa shape index (κ1) is 19.6. The molecule has 1 saturated carbocycles. The van der Waals surface area contributed by atoms with E-state index in [1.165, 1.54) is 10.8 Å². The molecule has 0 spiro atoms. The molecule has 1 aliphatic carbocycles. The summed E-state index contributed by atoms with van der Waals surface area (Å²) in [4.78, 5) is 38.4. The van der Waals surface area contributed by atoms with Crippen molar-refractivity contribution < 1.29 is 4.79 Å². The van der Waals surface area contributed by atoms with E-state index in [1.54, 1.807) is 6.07 Å². The second kappa shape index (κ2) is 7.30. The highest BCUT2D eigenvalue weighted by Crippen LogP contribution is 2.33. The number of ketones is 1. The van der Waals surface area contributed by atoms with Gasteiger partial charge in [-0.05, 0) is 57.4 Å². The van der Waals surface area contributed by atoms with Gasteiger partial charge in [-0.25, -0.2) is 4.79 Å². The van der Waals surface area contributed by atoms with Crippen LogP contribution in [-0.2, 0) is 6.54 Å². The van der Waals surface area contributed by atoms with Gasteiger partial charge in [-0.2, -0.15) is 5.26 Å². The summed E-state index contributed by atoms with van der Waals surface area (Å²) in [7, 11) is 0. The third-order valence-corrected chi connectivity index (χ3v) is 5.55. The molecule has 4 rings (SSSR count). The van der Waals surface area contributed by atoms with Crippen LogP contribution in [0.3, 0.4) is 0 Å². The highest BCUT2D eigenvalue weighted by atomic mass is 16.2. The average Bonchev–Trinajstić information content (AvgIpc) is 3.50. The predicted octanol–water partition coefficient (Wildman–Crippen LogP) is 2.82. The Balaban J connectivity index is 1.75. The van der Waals surface area contributed by atoms with Crippen molar-refractivity contribution in [1.29, 1.82) is 5.26 Å². The maximum absolute atomic E-state index is 13.1. The Morgan fingerprint density at radius 3 is 2.53 bits per heavy atom. The smallest absolute Gasteiger partial charge is 0.318 e. The summed E-state index contributed by atoms with van der Waals surface area (Å²) in [6, 6.07) is 11.6. The van der Waals surface area contributed by atoms with Gasteiger partial charge in [0.05, 0.1) is 6.54 Å². The number of rotatable bonds is 5. The number of carbonyl (C=O) groups is 1. The third-order valence-electron chi connectivity index (χ3n) is 5.55. The Bertz CT molecular complexity index is 1330. The fourth-order valence-corrected chi connectivity index (χ4v) is 3.89. The Hall–Kier alpha value is -3.66. The lowest BCUT2D eigenvalue weighted by Crippen LogP contribution is -2.42. The van der Waals surface area contributed by atoms with Gasteiger partial charge in [0.2, 0.25) is 0 Å². The number of nitrogens with zero attached hydrogens (tertiary/aromatic N) is 4. The molecule has 0 amide bonds. The quantitative estimate of drug-likeness (QED) is 0.614. The van der Waals surface area contributed by atoms with Crippen molar-refractivity contribution in [2.75, 3.05) is 0 Å². The largest absolute Gasteiger partial charge is 0.331 e. The van der Waals surface area contributed by atoms with Gasteiger partial charge in [0, 0.05) is 34.9 Å². The van der Waals surface area contributed by atoms with Gasteiger partial charge in [-0.3, -0.25) is 18.7 Å². The molecule has 0 bridgehead atoms. The van der Waals surface area contributed by atoms with E-state index >= 15 is 0 Å². The molecule has 0 radical (unpaired) electrons. The SMILES string of the molecule is Cc1cccc(-n2c(C)cc(C(=O)Cn3c(=O)c(C#N)cn(C4CC4)c3=O)c2C)c1. The minimum absolute atomic E-state index is 0.00191. The molecule has 3 aromatic rings. The fourth-order valence-electron chi connectivity index (χ4n) is 3.89. The highest BCUT2D eigenvalue weighted by Gasteiger charge is 2.28. The number of carbonyl (C=O) groups excluding carboxylic acids is 1. The molecular formula is C23H22N4O3. The first-order chi connectivity index (χ1) is 14.3. The molecule has 1 aliphatic rings. The lowest BCUT2D eigenvalue weighted by atomic mass is 10.1. The maximum atomic E-state index is 13.1. The summed E-state index contributed by atoms with van der Waals surface area (Å²) in [6.45, 7) is 5.37. The van der Waals surface area contributed by atoms with Crippen LogP contribution in [0, 0.1) is 32.1 Å². The van der Waals surface area contributed by atoms with E-state index in [2.05, 4.69) is 0 Å². The zero-order chi connectivity index (χ0) is 21.6. The molecule has 7 heteroatoms. The number of hydrogen-bond acceptors (Lipinski definition) is 4. The van der Waals surface area contributed by atoms with Crippen LogP contribution < -0.4 is 11.2 Å². The van der Waals surface area contributed by atoms with Gasteiger partial charge in [-0.15, -0.1) is 0 Å². The number of nitriles is 1. The van der Waals surface area contributed by atoms with E-state index < -0.39 is 17.8 Å². The van der Waals surface area contributed by atoms with Crippen LogP contribution in [0.5, 0.6) is 0 Å². The molecule has 0 saturated heterocycles. The molecule has 1 fully saturated rings. The minimum atomic E-state index is -0.722. The van der Waals surface area contributed by atoms with Gasteiger partial charge in [0.25, 0.3) is 5.56 Å². The third kappa shape index (κ3) is 3.30. The normalized spacial score (nSPS) is 13.3. The summed E-state index contributed by atoms with van der Waals surface area (Å²) in [6.07, 6.45) is 2.97. The van der Waals surface area contributed by atoms with E-state index in [4.69, 9.17) is 0 Å². The zero-order valence-corrected chi connectivity index (χ0v) is 17.2. The van der Waals surface area contributed by atoms with Gasteiger partial charge in [0.15, 0.2) is 5.78 Å². The van der Waals surface area contributed by atoms with Crippen LogP contribution in [0.4, 0.5) is 0 Å². The Morgan fingerprint density at radius 1 is 1.17 bits per heavy atom. The molecule has 0 atom stereocenters. The molecule has 1 aromatic carbocycles. The van der Waals surface area contributed by atoms with Crippen LogP contribution in [0.1, 0.15) is 51.8 Å². The topological polar surface area (TPSA) is 89.8 Å². The van der Waals surface area contributed by atoms with Crippen molar-refractivity contribution in [3.63, 3.8) is 0 Å². The van der Waals surface area contributed by atoms with Crippen LogP contribution in [0.2, 0.25) is 0 Å². The van der Waals surface area contributed by atoms with Crippen LogP contribution in [0.25, 0.3) is 5.69 Å². The standard InChI is InChI=1S/C23H22N4O3/c1-14-5-4-6-19(9-14)27-15(2)10-20(16(27)3)21(28)13-26-22(29)17(11-24)12-25(23(26)30)18-7-8-18/h4-6,9-10,12,18H,7-8,13H2,1-3H3. The number of hydrogen-bond donors (Lipinski definition) is 0. The molecule has 2 heterocycles. The van der Waals surface area contributed by atoms with E-state index in [-0.39, 0.29) is 17.4 Å². The zero-order valence-electron chi connectivity index (χ0n) is 17.2. The summed E-state index contributed by atoms with van der Waals surface area (Å²) in [5.41, 5.74) is 2.75. The highest BCUT2D eigenvalue weighted by molar-refractivity contribution is 5.97. The summed E-state index contributed by atoms with van der Waals surface area (Å²) in [5, 5.41) is 9.28. The molecule has 7 nitrogen and oxygen atoms in total. The summed E-state index contributed by atoms with van der Waals surface area (Å²) < 4.78 is 4.28. The van der Waals surface area contributed by atoms with Gasteiger partial charge in [0.1, 0.15) is 11.6 Å². The van der Waals surface area contributed by atoms with E-state index in [0.29, 0.717) is 5.56 Å². The van der Waals surface area contributed by atoms with Gasteiger partial charge in [-0.1, -0.05) is 12.1 Å². The number of Topliss-reactive ketones (excluding diaryl/α,β-unsaturated/α-hetero) is 1. The molecule has 0 unspecified atom stereocenters. The molecule has 0 N–H and O–H groups in total. The van der Waals surface area contributed by atoms with Crippen molar-refractivity contribution in [1.82, 2.24) is 13.7 Å². The predicted molar refractivity (Wildman–Crippen MR) is 112 cm³/mol. The van der Waals surface area contributed by atoms with E-state index in [0.717, 1.165) is 40.0 Å². The Labute approximate surface area is 173 Å². The van der Waals surface area contributed by atoms with Crippen molar-refractivity contribution >= 4 is 5.78 Å². The van der Waals surface area contributed by atoms with Crippen molar-refractivity contribution in [2.45, 2.75) is 46.2 Å². The number of benzene rings is 1. The number of aryl methyl sites for hydroxylation is 2. The molecule has 2 aromatic heterocycles. The van der Waals surface area contributed by atoms with Crippen LogP contribution in [0.15, 0.2) is 46.1 Å². The van der Waals surface area contributed by atoms with Crippen molar-refractivity contribution in [3.8, 4) is 11.8 Å². The minimum Gasteiger partial charge on any atom is -0.318 e. The van der Waals surface area contributed by atoms with Gasteiger partial charge >= 0.3 is 5.69 Å². The lowest BCUT2D eigenvalue weighted by Gasteiger charge is -2.11. The van der Waals surface area contributed by atoms with Crippen molar-refractivity contribution in [2.24, 2.45) is 0 Å². The van der Waals surface area contributed by atoms with Crippen LogP contribution in [-0.4, -0.2) is 19.5 Å². The summed E-state index contributed by atoms with van der Waals surface area (Å²) in [5.74, 6) is -0.335. The van der Waals surface area contributed by atoms with E-state index in [9.17, 15) is 19.6 Å². The fraction of sp³-hybridized carbons (Fsp3) is 0.304. The monoisotopic (exact) mass is 402 g/mol. The average molecular weight is 402 g/mol. The Morgan fingerprint density at radius 2 is 1.90 bits per heavy atom. The van der Waals surface area contributed by atoms with E-state index in [1.807, 2.05) is 55.7 Å². The molecular weight excluding hydrogens is 380 g/mol. The molecule has 0 aliphatic heterocycles. The maximum Gasteiger partial charge on any atom is 0.331 e. The second-order valence-electron chi connectivity index (χ2n) is 7.85. The first-order valence-electron chi connectivity index (χ1n) is 9.87. The second-order valence-corrected chi connectivity index (χ2v) is 7.85. The summed E-state index contributed by atoms with van der Waals surface area (Å²) >= 11 is 0. The van der Waals surface area contributed by atoms with Gasteiger partial charge < -0.3 is 4.57 Å². The Kier molecular flexibility index (Phi) is 4.78. The number of aromatic nitrogens is 3. The lowest BCUT2D eigenvalue weighted by molar-refractivity contribution is 0.0967.